The number of Topliss-reactive ketones (excluding diaryl/α,β-unsaturated/α-hetero) is 2. The van der Waals surface area contributed by atoms with Gasteiger partial charge in [0.2, 0.25) is 17.6 Å². The van der Waals surface area contributed by atoms with Crippen LogP contribution < -0.4 is 21.3 Å². The third-order valence-corrected chi connectivity index (χ3v) is 7.36. The molecule has 0 spiro atoms. The summed E-state index contributed by atoms with van der Waals surface area (Å²) in [5.41, 5.74) is -0.271. The summed E-state index contributed by atoms with van der Waals surface area (Å²) in [6.45, 7) is 21.3. The minimum Gasteiger partial charge on any atom is -0.346 e. The number of carbonyl (C=O) groups is 6. The summed E-state index contributed by atoms with van der Waals surface area (Å²) in [7, 11) is 0. The van der Waals surface area contributed by atoms with Crippen molar-refractivity contribution in [2.75, 3.05) is 13.1 Å². The largest absolute Gasteiger partial charge is 0.346 e. The molecular weight excluding hydrogens is 598 g/mol. The second kappa shape index (κ2) is 19.6. The van der Waals surface area contributed by atoms with Gasteiger partial charge < -0.3 is 26.2 Å². The molecule has 2 rings (SSSR count). The number of urea groups is 1. The van der Waals surface area contributed by atoms with E-state index in [1.165, 1.54) is 11.0 Å². The Labute approximate surface area is 281 Å². The van der Waals surface area contributed by atoms with Gasteiger partial charge in [0.1, 0.15) is 12.1 Å². The fourth-order valence-electron chi connectivity index (χ4n) is 4.98. The zero-order valence-corrected chi connectivity index (χ0v) is 29.8. The molecule has 4 atom stereocenters. The molecule has 0 aromatic heterocycles. The minimum absolute atomic E-state index is 0.120. The summed E-state index contributed by atoms with van der Waals surface area (Å²) in [6, 6.07) is 4.27. The highest BCUT2D eigenvalue weighted by Crippen LogP contribution is 2.26. The first-order valence-electron chi connectivity index (χ1n) is 16.7. The number of hydrogen-bond donors (Lipinski definition) is 4. The second-order valence-electron chi connectivity index (χ2n) is 14.0. The van der Waals surface area contributed by atoms with Gasteiger partial charge in [0.15, 0.2) is 5.78 Å². The maximum Gasteiger partial charge on any atom is 0.316 e. The van der Waals surface area contributed by atoms with Crippen molar-refractivity contribution in [1.82, 2.24) is 26.2 Å². The molecule has 1 saturated heterocycles. The van der Waals surface area contributed by atoms with Crippen LogP contribution in [0, 0.1) is 17.3 Å². The molecule has 1 aliphatic rings. The number of amides is 5. The van der Waals surface area contributed by atoms with E-state index >= 15 is 0 Å². The Morgan fingerprint density at radius 1 is 0.957 bits per heavy atom. The molecule has 5 amide bonds. The van der Waals surface area contributed by atoms with Gasteiger partial charge in [-0.05, 0) is 36.5 Å². The third-order valence-electron chi connectivity index (χ3n) is 7.36. The molecule has 1 aromatic carbocycles. The van der Waals surface area contributed by atoms with E-state index in [1.807, 2.05) is 20.8 Å². The Morgan fingerprint density at radius 3 is 2.06 bits per heavy atom. The summed E-state index contributed by atoms with van der Waals surface area (Å²) in [5, 5.41) is 10.6. The molecule has 47 heavy (non-hydrogen) atoms. The van der Waals surface area contributed by atoms with Gasteiger partial charge in [0.05, 0.1) is 12.1 Å². The van der Waals surface area contributed by atoms with E-state index in [1.54, 1.807) is 51.1 Å². The summed E-state index contributed by atoms with van der Waals surface area (Å²) < 4.78 is 0. The molecule has 4 N–H and O–H groups in total. The van der Waals surface area contributed by atoms with Gasteiger partial charge >= 0.3 is 6.03 Å². The number of nitrogens with one attached hydrogen (secondary N) is 4. The Morgan fingerprint density at radius 2 is 1.55 bits per heavy atom. The van der Waals surface area contributed by atoms with E-state index in [4.69, 9.17) is 0 Å². The predicted octanol–water partition coefficient (Wildman–Crippen LogP) is 4.42. The molecule has 4 unspecified atom stereocenters. The highest BCUT2D eigenvalue weighted by Gasteiger charge is 2.43. The molecule has 1 heterocycles. The zero-order valence-electron chi connectivity index (χ0n) is 29.8. The van der Waals surface area contributed by atoms with Crippen molar-refractivity contribution in [3.8, 4) is 0 Å². The molecule has 0 bridgehead atoms. The smallest absolute Gasteiger partial charge is 0.316 e. The van der Waals surface area contributed by atoms with Crippen molar-refractivity contribution < 1.29 is 28.8 Å². The van der Waals surface area contributed by atoms with E-state index in [-0.39, 0.29) is 24.7 Å². The maximum atomic E-state index is 13.9. The van der Waals surface area contributed by atoms with Crippen LogP contribution in [0.4, 0.5) is 4.79 Å². The Balaban J connectivity index is 0.00000260. The van der Waals surface area contributed by atoms with Crippen LogP contribution in [0.1, 0.15) is 98.4 Å². The fourth-order valence-corrected chi connectivity index (χ4v) is 4.98. The lowest BCUT2D eigenvalue weighted by atomic mass is 9.85. The number of rotatable bonds is 14. The molecule has 262 valence electrons. The lowest BCUT2D eigenvalue weighted by Gasteiger charge is -2.36. The van der Waals surface area contributed by atoms with E-state index in [2.05, 4.69) is 48.6 Å². The fraction of sp³-hybridized carbons (Fsp3) is 0.611. The van der Waals surface area contributed by atoms with Crippen LogP contribution in [-0.4, -0.2) is 77.5 Å². The number of carbonyl (C=O) groups excluding carboxylic acids is 6. The van der Waals surface area contributed by atoms with E-state index in [0.29, 0.717) is 31.4 Å². The minimum atomic E-state index is -1.03. The van der Waals surface area contributed by atoms with Crippen molar-refractivity contribution in [2.24, 2.45) is 17.3 Å². The van der Waals surface area contributed by atoms with Gasteiger partial charge in [-0.3, -0.25) is 24.0 Å². The third kappa shape index (κ3) is 13.3. The van der Waals surface area contributed by atoms with Crippen LogP contribution >= 0.6 is 0 Å². The SMILES string of the molecule is C=CCNC(=O)C(=O)C(CCC)NC(=O)C1CCCN1C(=O)C(NC(=O)NC(C(=O)c1ccccc1)C(C)C)C(C)(C)C.CC(C)C. The lowest BCUT2D eigenvalue weighted by molar-refractivity contribution is -0.143. The van der Waals surface area contributed by atoms with Crippen LogP contribution in [0.2, 0.25) is 0 Å². The van der Waals surface area contributed by atoms with Crippen LogP contribution in [0.15, 0.2) is 43.0 Å². The van der Waals surface area contributed by atoms with Crippen LogP contribution in [-0.2, 0) is 19.2 Å². The molecule has 1 aromatic rings. The molecule has 0 aliphatic carbocycles. The van der Waals surface area contributed by atoms with E-state index in [0.717, 1.165) is 5.92 Å². The molecule has 0 radical (unpaired) electrons. The Hall–Kier alpha value is -4.02. The van der Waals surface area contributed by atoms with Crippen LogP contribution in [0.3, 0.4) is 0 Å². The highest BCUT2D eigenvalue weighted by atomic mass is 16.2. The zero-order chi connectivity index (χ0) is 35.9. The standard InChI is InChI=1S/C32H47N5O6.C4H10/c1-8-14-22(26(39)29(41)33-18-9-2)34-28(40)23-17-13-19-37(23)30(42)27(32(5,6)7)36-31(43)35-24(20(3)4)25(38)21-15-11-10-12-16-21;1-4(2)3/h9-12,15-16,20,22-24,27H,2,8,13-14,17-19H2,1,3-7H3,(H,33,41)(H,34,40)(H2,35,36,43);4H,1-3H3. The molecule has 0 saturated carbocycles. The van der Waals surface area contributed by atoms with Crippen molar-refractivity contribution in [3.63, 3.8) is 0 Å². The van der Waals surface area contributed by atoms with Gasteiger partial charge in [0.25, 0.3) is 5.91 Å². The van der Waals surface area contributed by atoms with E-state index in [9.17, 15) is 28.8 Å². The maximum absolute atomic E-state index is 13.9. The van der Waals surface area contributed by atoms with Crippen molar-refractivity contribution in [1.29, 1.82) is 0 Å². The quantitative estimate of drug-likeness (QED) is 0.132. The van der Waals surface area contributed by atoms with Gasteiger partial charge in [-0.1, -0.05) is 105 Å². The van der Waals surface area contributed by atoms with E-state index < -0.39 is 59.1 Å². The average molecular weight is 656 g/mol. The first-order chi connectivity index (χ1) is 22.0. The molecule has 1 fully saturated rings. The first-order valence-corrected chi connectivity index (χ1v) is 16.7. The van der Waals surface area contributed by atoms with Crippen molar-refractivity contribution in [3.05, 3.63) is 48.6 Å². The molecular formula is C36H57N5O6. The number of nitrogens with zero attached hydrogens (tertiary/aromatic N) is 1. The summed E-state index contributed by atoms with van der Waals surface area (Å²) in [5.74, 6) is -2.17. The summed E-state index contributed by atoms with van der Waals surface area (Å²) >= 11 is 0. The average Bonchev–Trinajstić information content (AvgIpc) is 3.50. The Bertz CT molecular complexity index is 1220. The summed E-state index contributed by atoms with van der Waals surface area (Å²) in [6.07, 6.45) is 3.19. The molecule has 1 aliphatic heterocycles. The first kappa shape index (κ1) is 41.0. The normalized spacial score (nSPS) is 16.2. The predicted molar refractivity (Wildman–Crippen MR) is 185 cm³/mol. The molecule has 11 heteroatoms. The van der Waals surface area contributed by atoms with Crippen molar-refractivity contribution >= 4 is 35.3 Å². The number of ketones is 2. The van der Waals surface area contributed by atoms with Crippen molar-refractivity contribution in [2.45, 2.75) is 112 Å². The second-order valence-corrected chi connectivity index (χ2v) is 14.0. The summed E-state index contributed by atoms with van der Waals surface area (Å²) in [4.78, 5) is 80.0. The molecule has 11 nitrogen and oxygen atoms in total. The van der Waals surface area contributed by atoms with Crippen LogP contribution in [0.5, 0.6) is 0 Å². The number of hydrogen-bond acceptors (Lipinski definition) is 6. The van der Waals surface area contributed by atoms with Crippen LogP contribution in [0.25, 0.3) is 0 Å². The van der Waals surface area contributed by atoms with Gasteiger partial charge in [0, 0.05) is 18.7 Å². The number of likely N-dealkylation sites (tertiary alicyclic amines) is 1. The Kier molecular flexibility index (Phi) is 17.1. The van der Waals surface area contributed by atoms with Gasteiger partial charge in [-0.2, -0.15) is 0 Å². The van der Waals surface area contributed by atoms with Gasteiger partial charge in [-0.25, -0.2) is 4.79 Å². The van der Waals surface area contributed by atoms with Gasteiger partial charge in [-0.15, -0.1) is 6.58 Å². The topological polar surface area (TPSA) is 154 Å². The monoisotopic (exact) mass is 655 g/mol. The highest BCUT2D eigenvalue weighted by molar-refractivity contribution is 6.38. The lowest BCUT2D eigenvalue weighted by Crippen LogP contribution is -2.61. The number of benzene rings is 1.